The van der Waals surface area contributed by atoms with Crippen LogP contribution in [0.2, 0.25) is 0 Å². The molecule has 0 spiro atoms. The number of piperazine rings is 1. The summed E-state index contributed by atoms with van der Waals surface area (Å²) in [6, 6.07) is 10.2. The van der Waals surface area contributed by atoms with Gasteiger partial charge >= 0.3 is 0 Å². The standard InChI is InChI=1S/C20H24N4O3S2/c1-16-7-12-28-18(16)14-22(2)15-20(25)23-8-10-24(11-9-23)29(26,27)19-6-4-3-5-17(19)13-21/h3-7,12H,8-11,14-15H2,1-2H3. The third-order valence-electron chi connectivity index (χ3n) is 5.00. The molecule has 0 radical (unpaired) electrons. The highest BCUT2D eigenvalue weighted by Gasteiger charge is 2.31. The number of hydrogen-bond acceptors (Lipinski definition) is 6. The van der Waals surface area contributed by atoms with Crippen molar-refractivity contribution in [3.63, 3.8) is 0 Å². The van der Waals surface area contributed by atoms with E-state index < -0.39 is 10.0 Å². The molecule has 1 aliphatic rings. The smallest absolute Gasteiger partial charge is 0.244 e. The lowest BCUT2D eigenvalue weighted by Crippen LogP contribution is -2.52. The van der Waals surface area contributed by atoms with Crippen molar-refractivity contribution < 1.29 is 13.2 Å². The summed E-state index contributed by atoms with van der Waals surface area (Å²) in [7, 11) is -1.84. The Balaban J connectivity index is 1.58. The summed E-state index contributed by atoms with van der Waals surface area (Å²) in [4.78, 5) is 17.6. The fourth-order valence-corrected chi connectivity index (χ4v) is 5.85. The molecule has 2 aromatic rings. The molecule has 1 aromatic heterocycles. The SMILES string of the molecule is Cc1ccsc1CN(C)CC(=O)N1CCN(S(=O)(=O)c2ccccc2C#N)CC1. The maximum absolute atomic E-state index is 12.9. The van der Waals surface area contributed by atoms with Crippen molar-refractivity contribution in [2.75, 3.05) is 39.8 Å². The Morgan fingerprint density at radius 3 is 2.52 bits per heavy atom. The molecule has 7 nitrogen and oxygen atoms in total. The molecule has 1 aromatic carbocycles. The van der Waals surface area contributed by atoms with Gasteiger partial charge < -0.3 is 4.90 Å². The van der Waals surface area contributed by atoms with Crippen LogP contribution in [-0.2, 0) is 21.4 Å². The Kier molecular flexibility index (Phi) is 6.70. The number of benzene rings is 1. The number of nitriles is 1. The van der Waals surface area contributed by atoms with Gasteiger partial charge in [-0.15, -0.1) is 11.3 Å². The molecule has 154 valence electrons. The van der Waals surface area contributed by atoms with Crippen molar-refractivity contribution in [1.82, 2.24) is 14.1 Å². The molecule has 0 aliphatic carbocycles. The monoisotopic (exact) mass is 432 g/mol. The number of thiophene rings is 1. The van der Waals surface area contributed by atoms with Crippen molar-refractivity contribution >= 4 is 27.3 Å². The minimum Gasteiger partial charge on any atom is -0.339 e. The molecule has 2 heterocycles. The predicted octanol–water partition coefficient (Wildman–Crippen LogP) is 1.89. The van der Waals surface area contributed by atoms with Gasteiger partial charge in [0.25, 0.3) is 0 Å². The molecule has 1 fully saturated rings. The van der Waals surface area contributed by atoms with E-state index in [1.54, 1.807) is 28.4 Å². The highest BCUT2D eigenvalue weighted by Crippen LogP contribution is 2.21. The van der Waals surface area contributed by atoms with E-state index in [0.29, 0.717) is 26.2 Å². The Bertz CT molecular complexity index is 1020. The number of carbonyl (C=O) groups excluding carboxylic acids is 1. The van der Waals surface area contributed by atoms with Crippen LogP contribution >= 0.6 is 11.3 Å². The molecule has 0 bridgehead atoms. The van der Waals surface area contributed by atoms with E-state index in [1.165, 1.54) is 26.9 Å². The van der Waals surface area contributed by atoms with Gasteiger partial charge in [0.2, 0.25) is 15.9 Å². The van der Waals surface area contributed by atoms with Gasteiger partial charge in [0.15, 0.2) is 0 Å². The van der Waals surface area contributed by atoms with Crippen molar-refractivity contribution in [1.29, 1.82) is 5.26 Å². The van der Waals surface area contributed by atoms with Crippen molar-refractivity contribution in [3.05, 3.63) is 51.7 Å². The van der Waals surface area contributed by atoms with Crippen LogP contribution < -0.4 is 0 Å². The van der Waals surface area contributed by atoms with E-state index in [9.17, 15) is 18.5 Å². The maximum Gasteiger partial charge on any atom is 0.244 e. The molecule has 9 heteroatoms. The van der Waals surface area contributed by atoms with E-state index in [0.717, 1.165) is 0 Å². The minimum atomic E-state index is -3.75. The molecule has 1 amide bonds. The van der Waals surface area contributed by atoms with Crippen LogP contribution in [-0.4, -0.2) is 68.2 Å². The van der Waals surface area contributed by atoms with Crippen LogP contribution in [0.3, 0.4) is 0 Å². The normalized spacial score (nSPS) is 15.4. The van der Waals surface area contributed by atoms with E-state index in [1.807, 2.05) is 23.4 Å². The van der Waals surface area contributed by atoms with E-state index in [2.05, 4.69) is 13.0 Å². The summed E-state index contributed by atoms with van der Waals surface area (Å²) < 4.78 is 27.1. The fraction of sp³-hybridized carbons (Fsp3) is 0.400. The predicted molar refractivity (Wildman–Crippen MR) is 112 cm³/mol. The molecule has 1 saturated heterocycles. The lowest BCUT2D eigenvalue weighted by Gasteiger charge is -2.34. The van der Waals surface area contributed by atoms with Gasteiger partial charge in [0, 0.05) is 37.6 Å². The molecule has 0 saturated carbocycles. The molecule has 3 rings (SSSR count). The van der Waals surface area contributed by atoms with Crippen LogP contribution in [0.4, 0.5) is 0 Å². The molecule has 0 N–H and O–H groups in total. The summed E-state index contributed by atoms with van der Waals surface area (Å²) in [5.41, 5.74) is 1.36. The molecule has 0 unspecified atom stereocenters. The van der Waals surface area contributed by atoms with Gasteiger partial charge in [-0.2, -0.15) is 9.57 Å². The first-order valence-corrected chi connectivity index (χ1v) is 11.6. The number of amides is 1. The third-order valence-corrected chi connectivity index (χ3v) is 7.97. The second kappa shape index (κ2) is 9.05. The summed E-state index contributed by atoms with van der Waals surface area (Å²) >= 11 is 1.68. The Morgan fingerprint density at radius 2 is 1.90 bits per heavy atom. The van der Waals surface area contributed by atoms with Crippen molar-refractivity contribution in [2.45, 2.75) is 18.4 Å². The van der Waals surface area contributed by atoms with Gasteiger partial charge in [-0.1, -0.05) is 12.1 Å². The van der Waals surface area contributed by atoms with Crippen LogP contribution in [0.15, 0.2) is 40.6 Å². The average molecular weight is 433 g/mol. The zero-order valence-electron chi connectivity index (χ0n) is 16.5. The Labute approximate surface area is 175 Å². The van der Waals surface area contributed by atoms with Crippen LogP contribution in [0.1, 0.15) is 16.0 Å². The molecular formula is C20H24N4O3S2. The molecule has 1 aliphatic heterocycles. The number of likely N-dealkylation sites (N-methyl/N-ethyl adjacent to an activating group) is 1. The van der Waals surface area contributed by atoms with Gasteiger partial charge in [-0.25, -0.2) is 8.42 Å². The van der Waals surface area contributed by atoms with Crippen LogP contribution in [0.25, 0.3) is 0 Å². The minimum absolute atomic E-state index is 0.00354. The van der Waals surface area contributed by atoms with E-state index in [-0.39, 0.29) is 29.5 Å². The number of sulfonamides is 1. The van der Waals surface area contributed by atoms with Gasteiger partial charge in [-0.3, -0.25) is 9.69 Å². The maximum atomic E-state index is 12.9. The second-order valence-electron chi connectivity index (χ2n) is 7.09. The van der Waals surface area contributed by atoms with Gasteiger partial charge in [-0.05, 0) is 43.1 Å². The zero-order valence-corrected chi connectivity index (χ0v) is 18.2. The number of aryl methyl sites for hydroxylation is 1. The van der Waals surface area contributed by atoms with Gasteiger partial charge in [0.1, 0.15) is 6.07 Å². The van der Waals surface area contributed by atoms with Crippen molar-refractivity contribution in [2.24, 2.45) is 0 Å². The van der Waals surface area contributed by atoms with Gasteiger partial charge in [0.05, 0.1) is 17.0 Å². The Morgan fingerprint density at radius 1 is 1.21 bits per heavy atom. The highest BCUT2D eigenvalue weighted by atomic mass is 32.2. The summed E-state index contributed by atoms with van der Waals surface area (Å²) in [5.74, 6) is -0.00354. The van der Waals surface area contributed by atoms with E-state index >= 15 is 0 Å². The first-order valence-electron chi connectivity index (χ1n) is 9.31. The molecular weight excluding hydrogens is 408 g/mol. The summed E-state index contributed by atoms with van der Waals surface area (Å²) in [6.45, 7) is 4.21. The Hall–Kier alpha value is -2.25. The molecule has 29 heavy (non-hydrogen) atoms. The summed E-state index contributed by atoms with van der Waals surface area (Å²) in [5, 5.41) is 11.2. The number of carbonyl (C=O) groups is 1. The quantitative estimate of drug-likeness (QED) is 0.696. The highest BCUT2D eigenvalue weighted by molar-refractivity contribution is 7.89. The second-order valence-corrected chi connectivity index (χ2v) is 10.00. The third kappa shape index (κ3) is 4.85. The van der Waals surface area contributed by atoms with Crippen LogP contribution in [0, 0.1) is 18.3 Å². The first-order chi connectivity index (χ1) is 13.8. The lowest BCUT2D eigenvalue weighted by molar-refractivity contribution is -0.133. The number of hydrogen-bond donors (Lipinski definition) is 0. The first kappa shape index (κ1) is 21.5. The fourth-order valence-electron chi connectivity index (χ4n) is 3.30. The van der Waals surface area contributed by atoms with Crippen LogP contribution in [0.5, 0.6) is 0 Å². The van der Waals surface area contributed by atoms with Crippen molar-refractivity contribution in [3.8, 4) is 6.07 Å². The zero-order chi connectivity index (χ0) is 21.0. The lowest BCUT2D eigenvalue weighted by atomic mass is 10.2. The average Bonchev–Trinajstić information content (AvgIpc) is 3.12. The number of nitrogens with zero attached hydrogens (tertiary/aromatic N) is 4. The topological polar surface area (TPSA) is 84.7 Å². The number of rotatable bonds is 6. The van der Waals surface area contributed by atoms with E-state index in [4.69, 9.17) is 0 Å². The summed E-state index contributed by atoms with van der Waals surface area (Å²) in [6.07, 6.45) is 0. The largest absolute Gasteiger partial charge is 0.339 e. The molecule has 0 atom stereocenters.